The Kier molecular flexibility index (Phi) is 8.12. The van der Waals surface area contributed by atoms with E-state index < -0.39 is 0 Å². The van der Waals surface area contributed by atoms with Gasteiger partial charge in [0.15, 0.2) is 10.8 Å². The zero-order valence-corrected chi connectivity index (χ0v) is 18.2. The molecule has 0 aliphatic heterocycles. The number of rotatable bonds is 11. The molecule has 3 rings (SSSR count). The van der Waals surface area contributed by atoms with Gasteiger partial charge in [0.25, 0.3) is 0 Å². The zero-order valence-electron chi connectivity index (χ0n) is 16.6. The Bertz CT molecular complexity index is 933. The van der Waals surface area contributed by atoms with Crippen LogP contribution in [0.25, 0.3) is 11.0 Å². The second-order valence-electron chi connectivity index (χ2n) is 6.14. The summed E-state index contributed by atoms with van der Waals surface area (Å²) < 4.78 is 1.82. The van der Waals surface area contributed by atoms with E-state index in [4.69, 9.17) is 0 Å². The zero-order chi connectivity index (χ0) is 20.5. The van der Waals surface area contributed by atoms with Crippen LogP contribution in [0.5, 0.6) is 0 Å². The van der Waals surface area contributed by atoms with Gasteiger partial charge in [0, 0.05) is 30.4 Å². The highest BCUT2D eigenvalue weighted by Crippen LogP contribution is 2.24. The van der Waals surface area contributed by atoms with Gasteiger partial charge in [0.2, 0.25) is 5.91 Å². The maximum atomic E-state index is 12.1. The van der Waals surface area contributed by atoms with Crippen molar-refractivity contribution in [1.29, 1.82) is 0 Å². The monoisotopic (exact) mass is 431 g/mol. The number of nitrogens with zero attached hydrogens (tertiary/aromatic N) is 5. The van der Waals surface area contributed by atoms with Crippen LogP contribution < -0.4 is 10.6 Å². The predicted octanol–water partition coefficient (Wildman–Crippen LogP) is 3.06. The Hall–Kier alpha value is -2.33. The normalized spacial score (nSPS) is 11.0. The van der Waals surface area contributed by atoms with E-state index in [1.54, 1.807) is 30.4 Å². The number of anilines is 1. The van der Waals surface area contributed by atoms with Crippen molar-refractivity contribution in [3.8, 4) is 0 Å². The molecule has 2 N–H and O–H groups in total. The van der Waals surface area contributed by atoms with Gasteiger partial charge in [-0.3, -0.25) is 9.78 Å². The van der Waals surface area contributed by atoms with E-state index in [2.05, 4.69) is 44.5 Å². The lowest BCUT2D eigenvalue weighted by molar-refractivity contribution is -0.118. The van der Waals surface area contributed by atoms with Gasteiger partial charge in [0.1, 0.15) is 5.82 Å². The molecule has 3 aromatic rings. The molecule has 29 heavy (non-hydrogen) atoms. The third-order valence-electron chi connectivity index (χ3n) is 3.96. The predicted molar refractivity (Wildman–Crippen MR) is 118 cm³/mol. The number of amides is 1. The lowest BCUT2D eigenvalue weighted by atomic mass is 10.3. The summed E-state index contributed by atoms with van der Waals surface area (Å²) in [5, 5.41) is 12.4. The summed E-state index contributed by atoms with van der Waals surface area (Å²) in [6.45, 7) is 6.08. The Morgan fingerprint density at radius 2 is 1.97 bits per heavy atom. The molecule has 0 aliphatic rings. The summed E-state index contributed by atoms with van der Waals surface area (Å²) in [4.78, 5) is 26.4. The van der Waals surface area contributed by atoms with E-state index in [9.17, 15) is 4.79 Å². The van der Waals surface area contributed by atoms with Gasteiger partial charge in [-0.15, -0.1) is 11.8 Å². The number of pyridine rings is 1. The molecule has 0 saturated heterocycles. The molecule has 0 aromatic carbocycles. The summed E-state index contributed by atoms with van der Waals surface area (Å²) in [5.41, 5.74) is 0.787. The highest BCUT2D eigenvalue weighted by atomic mass is 32.2. The first-order valence-corrected chi connectivity index (χ1v) is 11.6. The van der Waals surface area contributed by atoms with Crippen LogP contribution in [-0.4, -0.2) is 55.2 Å². The highest BCUT2D eigenvalue weighted by Gasteiger charge is 2.13. The highest BCUT2D eigenvalue weighted by molar-refractivity contribution is 8.00. The molecule has 0 unspecified atom stereocenters. The number of carbonyl (C=O) groups excluding carboxylic acids is 1. The first-order valence-electron chi connectivity index (χ1n) is 9.61. The molecule has 154 valence electrons. The first kappa shape index (κ1) is 21.4. The third kappa shape index (κ3) is 6.07. The van der Waals surface area contributed by atoms with Crippen molar-refractivity contribution < 1.29 is 4.79 Å². The molecular formula is C19H25N7OS2. The van der Waals surface area contributed by atoms with Crippen LogP contribution in [0.2, 0.25) is 0 Å². The quantitative estimate of drug-likeness (QED) is 0.353. The molecule has 1 amide bonds. The van der Waals surface area contributed by atoms with Crippen molar-refractivity contribution >= 4 is 46.3 Å². The number of thioether (sulfide) groups is 2. The van der Waals surface area contributed by atoms with E-state index >= 15 is 0 Å². The Labute approximate surface area is 178 Å². The standard InChI is InChI=1S/C19H25N7OS2/c1-3-7-22-17-15-12-23-26(18(15)25-19(24-17)28-4-2)11-10-21-16(27)13-29-14-5-8-20-9-6-14/h5-6,8-9,12H,3-4,7,10-11,13H2,1-2H3,(H,21,27)(H,22,24,25). The first-order chi connectivity index (χ1) is 14.2. The number of hydrogen-bond acceptors (Lipinski definition) is 8. The average molecular weight is 432 g/mol. The van der Waals surface area contributed by atoms with Crippen molar-refractivity contribution in [2.24, 2.45) is 0 Å². The fourth-order valence-electron chi connectivity index (χ4n) is 2.61. The summed E-state index contributed by atoms with van der Waals surface area (Å²) in [6.07, 6.45) is 6.24. The summed E-state index contributed by atoms with van der Waals surface area (Å²) >= 11 is 3.09. The van der Waals surface area contributed by atoms with Gasteiger partial charge < -0.3 is 10.6 Å². The maximum Gasteiger partial charge on any atom is 0.230 e. The molecular weight excluding hydrogens is 406 g/mol. The molecule has 0 atom stereocenters. The number of aromatic nitrogens is 5. The Balaban J connectivity index is 1.60. The van der Waals surface area contributed by atoms with Crippen LogP contribution >= 0.6 is 23.5 Å². The van der Waals surface area contributed by atoms with E-state index in [1.807, 2.05) is 16.8 Å². The van der Waals surface area contributed by atoms with E-state index in [-0.39, 0.29) is 5.91 Å². The second-order valence-corrected chi connectivity index (χ2v) is 8.42. The van der Waals surface area contributed by atoms with Gasteiger partial charge >= 0.3 is 0 Å². The van der Waals surface area contributed by atoms with Crippen molar-refractivity contribution in [2.45, 2.75) is 36.9 Å². The fourth-order valence-corrected chi connectivity index (χ4v) is 3.89. The van der Waals surface area contributed by atoms with E-state index in [0.29, 0.717) is 18.8 Å². The van der Waals surface area contributed by atoms with E-state index in [1.165, 1.54) is 11.8 Å². The van der Waals surface area contributed by atoms with Gasteiger partial charge in [-0.05, 0) is 24.3 Å². The third-order valence-corrected chi connectivity index (χ3v) is 5.70. The average Bonchev–Trinajstić information content (AvgIpc) is 3.14. The van der Waals surface area contributed by atoms with E-state index in [0.717, 1.165) is 45.6 Å². The van der Waals surface area contributed by atoms with Crippen molar-refractivity contribution in [3.63, 3.8) is 0 Å². The minimum Gasteiger partial charge on any atom is -0.369 e. The molecule has 0 bridgehead atoms. The minimum atomic E-state index is -0.00886. The smallest absolute Gasteiger partial charge is 0.230 e. The summed E-state index contributed by atoms with van der Waals surface area (Å²) in [6, 6.07) is 3.78. The summed E-state index contributed by atoms with van der Waals surface area (Å²) in [5.74, 6) is 2.08. The van der Waals surface area contributed by atoms with Gasteiger partial charge in [0.05, 0.1) is 23.9 Å². The maximum absolute atomic E-state index is 12.1. The largest absolute Gasteiger partial charge is 0.369 e. The van der Waals surface area contributed by atoms with Crippen molar-refractivity contribution in [1.82, 2.24) is 30.0 Å². The van der Waals surface area contributed by atoms with Crippen molar-refractivity contribution in [2.75, 3.05) is 29.9 Å². The number of carbonyl (C=O) groups is 1. The second kappa shape index (κ2) is 11.0. The SMILES string of the molecule is CCCNc1nc(SCC)nc2c1cnn2CCNC(=O)CSc1ccncc1. The molecule has 3 aromatic heterocycles. The van der Waals surface area contributed by atoms with Crippen LogP contribution in [0.3, 0.4) is 0 Å². The molecule has 3 heterocycles. The molecule has 8 nitrogen and oxygen atoms in total. The van der Waals surface area contributed by atoms with Gasteiger partial charge in [-0.1, -0.05) is 25.6 Å². The van der Waals surface area contributed by atoms with Crippen LogP contribution in [0.4, 0.5) is 5.82 Å². The van der Waals surface area contributed by atoms with Crippen LogP contribution in [-0.2, 0) is 11.3 Å². The minimum absolute atomic E-state index is 0.00886. The molecule has 10 heteroatoms. The molecule has 0 aliphatic carbocycles. The number of fused-ring (bicyclic) bond motifs is 1. The lowest BCUT2D eigenvalue weighted by Crippen LogP contribution is -2.29. The number of nitrogens with one attached hydrogen (secondary N) is 2. The van der Waals surface area contributed by atoms with Crippen molar-refractivity contribution in [3.05, 3.63) is 30.7 Å². The number of hydrogen-bond donors (Lipinski definition) is 2. The summed E-state index contributed by atoms with van der Waals surface area (Å²) in [7, 11) is 0. The molecule has 0 fully saturated rings. The lowest BCUT2D eigenvalue weighted by Gasteiger charge is -2.09. The molecule has 0 radical (unpaired) electrons. The van der Waals surface area contributed by atoms with Gasteiger partial charge in [-0.25, -0.2) is 14.6 Å². The molecule has 0 saturated carbocycles. The van der Waals surface area contributed by atoms with Crippen LogP contribution in [0.15, 0.2) is 40.8 Å². The fraction of sp³-hybridized carbons (Fsp3) is 0.421. The Morgan fingerprint density at radius 3 is 2.72 bits per heavy atom. The van der Waals surface area contributed by atoms with Crippen LogP contribution in [0.1, 0.15) is 20.3 Å². The Morgan fingerprint density at radius 1 is 1.14 bits per heavy atom. The van der Waals surface area contributed by atoms with Crippen LogP contribution in [0, 0.1) is 0 Å². The van der Waals surface area contributed by atoms with Gasteiger partial charge in [-0.2, -0.15) is 5.10 Å². The molecule has 0 spiro atoms. The topological polar surface area (TPSA) is 97.6 Å².